The Kier molecular flexibility index (Phi) is 57.5. The molecule has 134 heavy (non-hydrogen) atoms. The largest absolute Gasteiger partial charge is 0.480 e. The van der Waals surface area contributed by atoms with E-state index in [0.29, 0.717) is 78.2 Å². The van der Waals surface area contributed by atoms with Crippen molar-refractivity contribution in [2.75, 3.05) is 137 Å². The zero-order valence-electron chi connectivity index (χ0n) is 86.0. The summed E-state index contributed by atoms with van der Waals surface area (Å²) in [5.41, 5.74) is 6.86. The number of nitrogens with one attached hydrogen (secondary N) is 4. The molecule has 2 heterocycles. The number of methoxy groups -OCH3 is 6. The van der Waals surface area contributed by atoms with Crippen molar-refractivity contribution in [1.82, 2.24) is 50.7 Å². The normalized spacial score (nSPS) is 17.6. The van der Waals surface area contributed by atoms with Gasteiger partial charge in [0.15, 0.2) is 5.78 Å². The lowest BCUT2D eigenvalue weighted by atomic mass is 9.83. The lowest BCUT2D eigenvalue weighted by Gasteiger charge is -2.41. The second-order valence-electron chi connectivity index (χ2n) is 38.8. The van der Waals surface area contributed by atoms with E-state index in [1.54, 1.807) is 115 Å². The maximum absolute atomic E-state index is 14.6. The van der Waals surface area contributed by atoms with Crippen LogP contribution in [-0.2, 0) is 108 Å². The van der Waals surface area contributed by atoms with Crippen LogP contribution in [0.5, 0.6) is 0 Å². The number of likely N-dealkylation sites (N-methyl/N-ethyl adjacent to an activating group) is 4. The predicted octanol–water partition coefficient (Wildman–Crippen LogP) is 10.5. The molecule has 2 aromatic carbocycles. The Hall–Kier alpha value is -8.48. The van der Waals surface area contributed by atoms with E-state index >= 15 is 0 Å². The maximum Gasteiger partial charge on any atom is 0.407 e. The van der Waals surface area contributed by atoms with E-state index in [4.69, 9.17) is 58.2 Å². The molecule has 0 saturated carbocycles. The van der Waals surface area contributed by atoms with Crippen molar-refractivity contribution in [3.8, 4) is 0 Å². The van der Waals surface area contributed by atoms with Crippen LogP contribution < -0.4 is 27.0 Å². The maximum atomic E-state index is 14.6. The first kappa shape index (κ1) is 124. The fraction of sp³-hybridized carbons (Fsp3) is 0.760. The first-order chi connectivity index (χ1) is 62.4. The van der Waals surface area contributed by atoms with Gasteiger partial charge in [-0.15, -0.1) is 0 Å². The highest BCUT2D eigenvalue weighted by atomic mass is 16.6. The Morgan fingerprint density at radius 1 is 0.485 bits per heavy atom. The van der Waals surface area contributed by atoms with Gasteiger partial charge in [-0.3, -0.25) is 48.2 Å². The van der Waals surface area contributed by atoms with Crippen molar-refractivity contribution in [3.63, 3.8) is 0 Å². The molecule has 0 radical (unpaired) electrons. The van der Waals surface area contributed by atoms with Gasteiger partial charge < -0.3 is 99.1 Å². The van der Waals surface area contributed by atoms with Crippen molar-refractivity contribution in [2.45, 2.75) is 307 Å². The van der Waals surface area contributed by atoms with Gasteiger partial charge in [-0.2, -0.15) is 0 Å². The molecule has 0 aliphatic carbocycles. The van der Waals surface area contributed by atoms with Crippen LogP contribution in [-0.4, -0.2) is 332 Å². The molecule has 34 heteroatoms. The first-order valence-corrected chi connectivity index (χ1v) is 47.5. The molecule has 2 aliphatic rings. The number of alkyl carbamates (subject to hydrolysis) is 2. The summed E-state index contributed by atoms with van der Waals surface area (Å²) in [5.74, 6) is -5.56. The minimum absolute atomic E-state index is 0. The minimum atomic E-state index is -0.907. The van der Waals surface area contributed by atoms with Gasteiger partial charge in [-0.1, -0.05) is 178 Å². The van der Waals surface area contributed by atoms with Crippen LogP contribution in [0.15, 0.2) is 60.7 Å². The van der Waals surface area contributed by atoms with Crippen molar-refractivity contribution >= 4 is 71.3 Å². The Balaban J connectivity index is 0.00000113. The number of esters is 2. The summed E-state index contributed by atoms with van der Waals surface area (Å²) in [7, 11) is 15.9. The van der Waals surface area contributed by atoms with Crippen molar-refractivity contribution in [2.24, 2.45) is 59.0 Å². The number of rotatable bonds is 54. The van der Waals surface area contributed by atoms with Crippen LogP contribution in [0.3, 0.4) is 0 Å². The molecule has 2 saturated heterocycles. The van der Waals surface area contributed by atoms with Gasteiger partial charge in [-0.25, -0.2) is 19.2 Å². The summed E-state index contributed by atoms with van der Waals surface area (Å²) in [6.07, 6.45) is 1.42. The third-order valence-corrected chi connectivity index (χ3v) is 25.0. The number of hydrogen-bond acceptors (Lipinski definition) is 25. The van der Waals surface area contributed by atoms with Gasteiger partial charge in [0.1, 0.15) is 29.3 Å². The number of benzene rings is 2. The number of nitrogens with two attached hydrogens (primary N) is 1. The van der Waals surface area contributed by atoms with Crippen LogP contribution in [0, 0.1) is 53.3 Å². The molecule has 8 amide bonds. The number of carboxylic acids is 1. The Bertz CT molecular complexity index is 3810. The van der Waals surface area contributed by atoms with Crippen LogP contribution in [0.1, 0.15) is 215 Å². The average molecular weight is 1900 g/mol. The summed E-state index contributed by atoms with van der Waals surface area (Å²) in [5, 5.41) is 20.1. The summed E-state index contributed by atoms with van der Waals surface area (Å²) >= 11 is 0. The van der Waals surface area contributed by atoms with E-state index in [2.05, 4.69) is 21.3 Å². The zero-order valence-corrected chi connectivity index (χ0v) is 86.0. The second-order valence-corrected chi connectivity index (χ2v) is 38.8. The summed E-state index contributed by atoms with van der Waals surface area (Å²) < 4.78 is 55.3. The lowest BCUT2D eigenvalue weighted by molar-refractivity contribution is -0.150. The molecule has 2 aliphatic heterocycles. The number of carbonyl (C=O) groups excluding carboxylic acids is 11. The van der Waals surface area contributed by atoms with Crippen LogP contribution in [0.25, 0.3) is 0 Å². The monoisotopic (exact) mass is 1900 g/mol. The first-order valence-electron chi connectivity index (χ1n) is 47.5. The Morgan fingerprint density at radius 2 is 0.843 bits per heavy atom. The molecule has 2 fully saturated rings. The highest BCUT2D eigenvalue weighted by Gasteiger charge is 2.47. The molecule has 0 spiro atoms. The number of carboxylic acid groups (broad SMARTS) is 1. The third-order valence-electron chi connectivity index (χ3n) is 25.0. The summed E-state index contributed by atoms with van der Waals surface area (Å²) in [4.78, 5) is 168. The summed E-state index contributed by atoms with van der Waals surface area (Å²) in [6, 6.07) is 13.8. The van der Waals surface area contributed by atoms with E-state index in [9.17, 15) is 57.5 Å². The van der Waals surface area contributed by atoms with Crippen LogP contribution in [0.2, 0.25) is 0 Å². The average Bonchev–Trinajstić information content (AvgIpc) is 1.66. The molecule has 2 aromatic rings. The van der Waals surface area contributed by atoms with Crippen molar-refractivity contribution < 1.29 is 110 Å². The number of ether oxygens (including phenoxy) is 10. The van der Waals surface area contributed by atoms with Crippen LogP contribution >= 0.6 is 0 Å². The highest BCUT2D eigenvalue weighted by Crippen LogP contribution is 2.34. The number of amides is 8. The SMILES string of the molecule is C.CC(C)[C@@H](C(=O)O)N(C)CCOCCNC(=O)OC(C)(C)C.CC[C@H](C)[C@@H]([C@@H](CC(=O)N1CCC[C@H]1[C@H](OC)[C@@H](C)C(=O)N[C@@H](Cc1ccccc1)C(=O)OC)OC)N(C)C(=O)[C@@H](CC(=O)[C@H](C(C)C)N(C)CCOCCNC(=O)OC(C)(C)C)C(C)C.CC[C@H](C)[C@@H]([C@@H](CC(=O)N1CCC[C@H]1[C@H](OC)[C@@H](C)C(=O)N[C@@H](Cc1ccccc1)C(=O)OC)OC)N(C)C(=O)[C@@H](N)C(C)C. The van der Waals surface area contributed by atoms with E-state index in [-0.39, 0.29) is 141 Å². The summed E-state index contributed by atoms with van der Waals surface area (Å²) in [6.45, 7) is 41.9. The topological polar surface area (TPSA) is 411 Å². The van der Waals surface area contributed by atoms with Gasteiger partial charge in [0, 0.05) is 107 Å². The van der Waals surface area contributed by atoms with Crippen LogP contribution in [0.4, 0.5) is 9.59 Å². The quantitative estimate of drug-likeness (QED) is 0.0203. The van der Waals surface area contributed by atoms with E-state index in [0.717, 1.165) is 24.0 Å². The predicted molar refractivity (Wildman–Crippen MR) is 518 cm³/mol. The number of aliphatic carboxylic acids is 1. The van der Waals surface area contributed by atoms with Crippen molar-refractivity contribution in [3.05, 3.63) is 71.8 Å². The number of nitrogens with zero attached hydrogens (tertiary/aromatic N) is 6. The molecule has 7 N–H and O–H groups in total. The fourth-order valence-corrected chi connectivity index (χ4v) is 17.4. The molecule has 34 nitrogen and oxygen atoms in total. The van der Waals surface area contributed by atoms with Gasteiger partial charge >= 0.3 is 30.1 Å². The number of likely N-dealkylation sites (tertiary alicyclic amines) is 2. The molecule has 18 atom stereocenters. The van der Waals surface area contributed by atoms with Gasteiger partial charge in [-0.05, 0) is 128 Å². The molecule has 0 bridgehead atoms. The second kappa shape index (κ2) is 62.4. The number of Topliss-reactive ketones (excluding diaryl/α,β-unsaturated/α-hetero) is 1. The molecular weight excluding hydrogens is 1720 g/mol. The highest BCUT2D eigenvalue weighted by molar-refractivity contribution is 5.91. The van der Waals surface area contributed by atoms with E-state index in [1.807, 2.05) is 156 Å². The smallest absolute Gasteiger partial charge is 0.407 e. The minimum Gasteiger partial charge on any atom is -0.480 e. The number of hydrogen-bond donors (Lipinski definition) is 6. The lowest BCUT2D eigenvalue weighted by Crippen LogP contribution is -2.56. The molecule has 4 rings (SSSR count). The zero-order chi connectivity index (χ0) is 101. The van der Waals surface area contributed by atoms with Gasteiger partial charge in [0.25, 0.3) is 0 Å². The van der Waals surface area contributed by atoms with Gasteiger partial charge in [0.05, 0.1) is 126 Å². The number of carbonyl (C=O) groups is 12. The Labute approximate surface area is 802 Å². The van der Waals surface area contributed by atoms with Gasteiger partial charge in [0.2, 0.25) is 35.4 Å². The molecule has 768 valence electrons. The Morgan fingerprint density at radius 3 is 1.15 bits per heavy atom. The van der Waals surface area contributed by atoms with Crippen molar-refractivity contribution in [1.29, 1.82) is 0 Å². The molecular formula is C100H175N11O23. The third kappa shape index (κ3) is 41.4. The van der Waals surface area contributed by atoms with E-state index in [1.165, 1.54) is 28.4 Å². The van der Waals surface area contributed by atoms with E-state index < -0.39 is 126 Å². The fourth-order valence-electron chi connectivity index (χ4n) is 17.4. The molecule has 0 unspecified atom stereocenters. The molecule has 0 aromatic heterocycles. The number of ketones is 1. The standard InChI is InChI=1S/C50H85N5O11.C34H56N4O7.C15H30N2O5.CH4/c1-16-34(6)44(54(12)47(59)37(32(2)3)30-40(56)43(33(4)5)53(11)26-28-65-27-24-51-49(61)66-50(8,9)10)41(62-13)31-42(57)55-25-20-23-39(55)45(63-14)35(7)46(58)52-38(48(60)64-15)29-36-21-18-17-19-22-36;1-10-22(4)30(37(6)33(41)29(35)21(2)3)27(43-7)20-28(39)38-18-14-17-26(38)31(44-8)23(5)32(40)36-25(34(42)45-9)19-24-15-12-11-13-16-24;1-11(2)12(13(18)19)17(6)8-10-21-9-7-16-14(20)22-15(3,4)5;/h17-19,21-22,32-35,37-39,41,43-45H,16,20,23-31H2,1-15H3,(H,51,61)(H,52,58);11-13,15-16,21-23,25-27,29-31H,10,14,17-20,35H2,1-9H3,(H,36,40);11-12H,7-10H2,1-6H3,(H,16,20)(H,18,19);1H4/t34-,35+,37-,38-,39-,41+,43-,44-,45+;22-,23+,25-,26-,27+,29-,30-,31+;12-;/m000./s1.